The molecular formula is C14H20N4. The van der Waals surface area contributed by atoms with Gasteiger partial charge in [0.15, 0.2) is 0 Å². The molecule has 1 saturated heterocycles. The van der Waals surface area contributed by atoms with Gasteiger partial charge in [0, 0.05) is 55.9 Å². The minimum absolute atomic E-state index is 0.0826. The van der Waals surface area contributed by atoms with E-state index in [1.54, 1.807) is 0 Å². The van der Waals surface area contributed by atoms with Crippen molar-refractivity contribution in [1.82, 2.24) is 15.2 Å². The molecule has 1 fully saturated rings. The van der Waals surface area contributed by atoms with Crippen LogP contribution in [0.5, 0.6) is 0 Å². The number of hydrogen-bond donors (Lipinski definition) is 3. The molecule has 1 unspecified atom stereocenters. The van der Waals surface area contributed by atoms with Crippen molar-refractivity contribution in [2.75, 3.05) is 32.7 Å². The second-order valence-corrected chi connectivity index (χ2v) is 4.95. The van der Waals surface area contributed by atoms with Crippen molar-refractivity contribution in [1.29, 1.82) is 0 Å². The number of nitrogens with two attached hydrogens (primary N) is 1. The van der Waals surface area contributed by atoms with Crippen LogP contribution in [0.1, 0.15) is 11.6 Å². The lowest BCUT2D eigenvalue weighted by molar-refractivity contribution is 0.228. The SMILES string of the molecule is NC(CN1CCNCC1)c1c[nH]c2ccccc12. The summed E-state index contributed by atoms with van der Waals surface area (Å²) in [6, 6.07) is 8.43. The van der Waals surface area contributed by atoms with E-state index in [0.717, 1.165) is 32.7 Å². The summed E-state index contributed by atoms with van der Waals surface area (Å²) in [4.78, 5) is 5.73. The summed E-state index contributed by atoms with van der Waals surface area (Å²) in [6.07, 6.45) is 2.05. The zero-order valence-corrected chi connectivity index (χ0v) is 10.5. The molecule has 18 heavy (non-hydrogen) atoms. The molecule has 4 N–H and O–H groups in total. The second kappa shape index (κ2) is 5.10. The van der Waals surface area contributed by atoms with Gasteiger partial charge in [-0.3, -0.25) is 4.90 Å². The van der Waals surface area contributed by atoms with Crippen molar-refractivity contribution in [2.24, 2.45) is 5.73 Å². The Morgan fingerprint density at radius 2 is 2.00 bits per heavy atom. The van der Waals surface area contributed by atoms with Gasteiger partial charge in [0.05, 0.1) is 0 Å². The lowest BCUT2D eigenvalue weighted by Gasteiger charge is -2.29. The third kappa shape index (κ3) is 2.27. The van der Waals surface area contributed by atoms with E-state index in [4.69, 9.17) is 5.73 Å². The zero-order valence-electron chi connectivity index (χ0n) is 10.5. The first kappa shape index (κ1) is 11.7. The first-order valence-electron chi connectivity index (χ1n) is 6.59. The number of benzene rings is 1. The molecule has 4 nitrogen and oxygen atoms in total. The summed E-state index contributed by atoms with van der Waals surface area (Å²) in [5.41, 5.74) is 8.75. The van der Waals surface area contributed by atoms with Crippen LogP contribution in [-0.2, 0) is 0 Å². The molecule has 0 saturated carbocycles. The van der Waals surface area contributed by atoms with E-state index < -0.39 is 0 Å². The molecule has 1 aliphatic rings. The highest BCUT2D eigenvalue weighted by Crippen LogP contribution is 2.23. The summed E-state index contributed by atoms with van der Waals surface area (Å²) in [5.74, 6) is 0. The van der Waals surface area contributed by atoms with Gasteiger partial charge in [-0.2, -0.15) is 0 Å². The monoisotopic (exact) mass is 244 g/mol. The Morgan fingerprint density at radius 3 is 2.83 bits per heavy atom. The molecule has 1 aromatic carbocycles. The normalized spacial score (nSPS) is 19.2. The van der Waals surface area contributed by atoms with Crippen LogP contribution in [0.25, 0.3) is 10.9 Å². The molecule has 1 atom stereocenters. The zero-order chi connectivity index (χ0) is 12.4. The fraction of sp³-hybridized carbons (Fsp3) is 0.429. The predicted molar refractivity (Wildman–Crippen MR) is 74.5 cm³/mol. The van der Waals surface area contributed by atoms with Crippen LogP contribution in [0.4, 0.5) is 0 Å². The molecule has 0 spiro atoms. The van der Waals surface area contributed by atoms with E-state index in [2.05, 4.69) is 39.6 Å². The topological polar surface area (TPSA) is 57.1 Å². The minimum atomic E-state index is 0.0826. The number of H-pyrrole nitrogens is 1. The fourth-order valence-corrected chi connectivity index (χ4v) is 2.67. The highest BCUT2D eigenvalue weighted by molar-refractivity contribution is 5.83. The van der Waals surface area contributed by atoms with Crippen molar-refractivity contribution in [2.45, 2.75) is 6.04 Å². The second-order valence-electron chi connectivity index (χ2n) is 4.95. The van der Waals surface area contributed by atoms with Crippen molar-refractivity contribution in [3.05, 3.63) is 36.0 Å². The third-order valence-corrected chi connectivity index (χ3v) is 3.69. The van der Waals surface area contributed by atoms with Crippen molar-refractivity contribution < 1.29 is 0 Å². The Morgan fingerprint density at radius 1 is 1.22 bits per heavy atom. The number of nitrogens with zero attached hydrogens (tertiary/aromatic N) is 1. The summed E-state index contributed by atoms with van der Waals surface area (Å²) >= 11 is 0. The molecule has 4 heteroatoms. The van der Waals surface area contributed by atoms with E-state index >= 15 is 0 Å². The van der Waals surface area contributed by atoms with Gasteiger partial charge in [0.25, 0.3) is 0 Å². The molecule has 1 aliphatic heterocycles. The van der Waals surface area contributed by atoms with Gasteiger partial charge >= 0.3 is 0 Å². The maximum absolute atomic E-state index is 6.35. The standard InChI is InChI=1S/C14H20N4/c15-13(10-18-7-5-16-6-8-18)12-9-17-14-4-2-1-3-11(12)14/h1-4,9,13,16-17H,5-8,10,15H2. The number of para-hydroxylation sites is 1. The van der Waals surface area contributed by atoms with Gasteiger partial charge in [-0.05, 0) is 11.6 Å². The largest absolute Gasteiger partial charge is 0.361 e. The first-order chi connectivity index (χ1) is 8.84. The van der Waals surface area contributed by atoms with Crippen LogP contribution < -0.4 is 11.1 Å². The molecule has 2 heterocycles. The van der Waals surface area contributed by atoms with E-state index in [0.29, 0.717) is 0 Å². The van der Waals surface area contributed by atoms with Crippen LogP contribution in [0, 0.1) is 0 Å². The number of piperazine rings is 1. The molecule has 0 bridgehead atoms. The van der Waals surface area contributed by atoms with Crippen LogP contribution in [0.15, 0.2) is 30.5 Å². The quantitative estimate of drug-likeness (QED) is 0.757. The van der Waals surface area contributed by atoms with Gasteiger partial charge in [0.1, 0.15) is 0 Å². The number of nitrogens with one attached hydrogen (secondary N) is 2. The Hall–Kier alpha value is -1.36. The average Bonchev–Trinajstić information content (AvgIpc) is 2.84. The van der Waals surface area contributed by atoms with Crippen molar-refractivity contribution in [3.8, 4) is 0 Å². The van der Waals surface area contributed by atoms with E-state index in [-0.39, 0.29) is 6.04 Å². The molecule has 0 amide bonds. The van der Waals surface area contributed by atoms with Crippen molar-refractivity contribution in [3.63, 3.8) is 0 Å². The highest BCUT2D eigenvalue weighted by Gasteiger charge is 2.16. The van der Waals surface area contributed by atoms with E-state index in [9.17, 15) is 0 Å². The van der Waals surface area contributed by atoms with Gasteiger partial charge in [-0.1, -0.05) is 18.2 Å². The lowest BCUT2D eigenvalue weighted by atomic mass is 10.1. The number of aromatic nitrogens is 1. The van der Waals surface area contributed by atoms with Crippen LogP contribution in [0.3, 0.4) is 0 Å². The number of fused-ring (bicyclic) bond motifs is 1. The lowest BCUT2D eigenvalue weighted by Crippen LogP contribution is -2.45. The molecule has 0 aliphatic carbocycles. The van der Waals surface area contributed by atoms with Gasteiger partial charge < -0.3 is 16.0 Å². The Balaban J connectivity index is 1.76. The third-order valence-electron chi connectivity index (χ3n) is 3.69. The number of aromatic amines is 1. The van der Waals surface area contributed by atoms with Crippen LogP contribution in [-0.4, -0.2) is 42.6 Å². The molecule has 2 aromatic rings. The predicted octanol–water partition coefficient (Wildman–Crippen LogP) is 1.07. The van der Waals surface area contributed by atoms with Gasteiger partial charge in [-0.15, -0.1) is 0 Å². The van der Waals surface area contributed by atoms with Gasteiger partial charge in [-0.25, -0.2) is 0 Å². The van der Waals surface area contributed by atoms with Crippen molar-refractivity contribution >= 4 is 10.9 Å². The van der Waals surface area contributed by atoms with E-state index in [1.165, 1.54) is 16.5 Å². The van der Waals surface area contributed by atoms with Crippen LogP contribution in [0.2, 0.25) is 0 Å². The number of hydrogen-bond acceptors (Lipinski definition) is 3. The molecule has 1 aromatic heterocycles. The Bertz CT molecular complexity index is 513. The first-order valence-corrected chi connectivity index (χ1v) is 6.59. The summed E-state index contributed by atoms with van der Waals surface area (Å²) in [6.45, 7) is 5.26. The minimum Gasteiger partial charge on any atom is -0.361 e. The van der Waals surface area contributed by atoms with Gasteiger partial charge in [0.2, 0.25) is 0 Å². The summed E-state index contributed by atoms with van der Waals surface area (Å²) < 4.78 is 0. The average molecular weight is 244 g/mol. The maximum atomic E-state index is 6.35. The van der Waals surface area contributed by atoms with E-state index in [1.807, 2.05) is 6.07 Å². The molecular weight excluding hydrogens is 224 g/mol. The maximum Gasteiger partial charge on any atom is 0.0457 e. The summed E-state index contributed by atoms with van der Waals surface area (Å²) in [5, 5.41) is 4.61. The Labute approximate surface area is 107 Å². The molecule has 0 radical (unpaired) electrons. The number of rotatable bonds is 3. The Kier molecular flexibility index (Phi) is 3.32. The molecule has 3 rings (SSSR count). The smallest absolute Gasteiger partial charge is 0.0457 e. The molecule has 96 valence electrons. The van der Waals surface area contributed by atoms with Crippen LogP contribution >= 0.6 is 0 Å². The highest BCUT2D eigenvalue weighted by atomic mass is 15.2. The summed E-state index contributed by atoms with van der Waals surface area (Å²) in [7, 11) is 0. The fourth-order valence-electron chi connectivity index (χ4n) is 2.67.